The molecule has 2 atom stereocenters. The van der Waals surface area contributed by atoms with Gasteiger partial charge in [-0.25, -0.2) is 9.18 Å². The molecule has 2 aromatic rings. The van der Waals surface area contributed by atoms with Crippen molar-refractivity contribution in [3.8, 4) is 0 Å². The molecule has 1 aromatic carbocycles. The third kappa shape index (κ3) is 4.05. The predicted octanol–water partition coefficient (Wildman–Crippen LogP) is 4.06. The molecule has 3 rings (SSSR count). The summed E-state index contributed by atoms with van der Waals surface area (Å²) in [6.07, 6.45) is 0.0839. The van der Waals surface area contributed by atoms with Crippen LogP contribution in [0.4, 0.5) is 9.18 Å². The quantitative estimate of drug-likeness (QED) is 0.773. The number of ether oxygens (including phenoxy) is 1. The van der Waals surface area contributed by atoms with E-state index in [0.29, 0.717) is 15.6 Å². The number of alkyl carbamates (subject to hydrolysis) is 1. The Bertz CT molecular complexity index is 912. The summed E-state index contributed by atoms with van der Waals surface area (Å²) in [5, 5.41) is 5.79. The minimum Gasteiger partial charge on any atom is -0.440 e. The van der Waals surface area contributed by atoms with Crippen molar-refractivity contribution < 1.29 is 18.7 Å². The average Bonchev–Trinajstić information content (AvgIpc) is 2.69. The second-order valence-corrected chi connectivity index (χ2v) is 7.18. The van der Waals surface area contributed by atoms with E-state index in [0.717, 1.165) is 0 Å². The number of hydrogen-bond acceptors (Lipinski definition) is 4. The van der Waals surface area contributed by atoms with Crippen molar-refractivity contribution in [2.45, 2.75) is 31.2 Å². The Balaban J connectivity index is 1.81. The molecule has 1 aliphatic carbocycles. The molecule has 1 aliphatic rings. The van der Waals surface area contributed by atoms with Gasteiger partial charge in [0.2, 0.25) is 5.67 Å². The molecule has 0 saturated carbocycles. The predicted molar refractivity (Wildman–Crippen MR) is 103 cm³/mol. The zero-order valence-corrected chi connectivity index (χ0v) is 16.5. The first-order valence-electron chi connectivity index (χ1n) is 8.60. The number of aromatic nitrogens is 1. The first-order chi connectivity index (χ1) is 13.3. The molecule has 0 spiro atoms. The molecular formula is C19H18Cl2FN3O3. The Labute approximate surface area is 171 Å². The lowest BCUT2D eigenvalue weighted by Crippen LogP contribution is -2.44. The molecule has 1 aromatic heterocycles. The van der Waals surface area contributed by atoms with Gasteiger partial charge in [0.1, 0.15) is 6.10 Å². The van der Waals surface area contributed by atoms with Gasteiger partial charge in [0.05, 0.1) is 5.69 Å². The van der Waals surface area contributed by atoms with Crippen LogP contribution in [0.2, 0.25) is 10.0 Å². The Morgan fingerprint density at radius 3 is 2.86 bits per heavy atom. The molecular weight excluding hydrogens is 408 g/mol. The summed E-state index contributed by atoms with van der Waals surface area (Å²) < 4.78 is 21.0. The summed E-state index contributed by atoms with van der Waals surface area (Å²) in [6.45, 7) is 0.0499. The van der Waals surface area contributed by atoms with Crippen LogP contribution in [0.5, 0.6) is 0 Å². The van der Waals surface area contributed by atoms with Crippen molar-refractivity contribution in [3.05, 3.63) is 63.4 Å². The molecule has 0 fully saturated rings. The fourth-order valence-corrected chi connectivity index (χ4v) is 3.61. The van der Waals surface area contributed by atoms with Crippen LogP contribution in [0.1, 0.15) is 35.8 Å². The van der Waals surface area contributed by atoms with E-state index in [4.69, 9.17) is 27.9 Å². The second kappa shape index (κ2) is 8.32. The zero-order valence-electron chi connectivity index (χ0n) is 15.0. The summed E-state index contributed by atoms with van der Waals surface area (Å²) in [4.78, 5) is 28.4. The van der Waals surface area contributed by atoms with Gasteiger partial charge in [0.15, 0.2) is 0 Å². The summed E-state index contributed by atoms with van der Waals surface area (Å²) >= 11 is 12.0. The molecule has 6 nitrogen and oxygen atoms in total. The summed E-state index contributed by atoms with van der Waals surface area (Å²) in [6, 6.07) is 7.88. The number of nitrogens with zero attached hydrogens (tertiary/aromatic N) is 1. The van der Waals surface area contributed by atoms with E-state index < -0.39 is 23.8 Å². The van der Waals surface area contributed by atoms with E-state index >= 15 is 4.39 Å². The third-order valence-electron chi connectivity index (χ3n) is 4.59. The number of benzene rings is 1. The highest BCUT2D eigenvalue weighted by Gasteiger charge is 2.47. The van der Waals surface area contributed by atoms with Crippen LogP contribution in [0, 0.1) is 0 Å². The number of alkyl halides is 1. The number of hydrogen-bond donors (Lipinski definition) is 2. The maximum absolute atomic E-state index is 15.8. The number of carbonyl (C=O) groups is 2. The minimum atomic E-state index is -2.29. The highest BCUT2D eigenvalue weighted by Crippen LogP contribution is 2.43. The zero-order chi connectivity index (χ0) is 20.3. The van der Waals surface area contributed by atoms with E-state index in [2.05, 4.69) is 15.6 Å². The van der Waals surface area contributed by atoms with E-state index in [9.17, 15) is 9.59 Å². The number of amides is 2. The van der Waals surface area contributed by atoms with Crippen LogP contribution in [-0.2, 0) is 21.7 Å². The minimum absolute atomic E-state index is 0.0499. The van der Waals surface area contributed by atoms with Crippen LogP contribution >= 0.6 is 23.2 Å². The van der Waals surface area contributed by atoms with Crippen LogP contribution in [0.15, 0.2) is 36.5 Å². The number of nitrogens with one attached hydrogen (secondary N) is 2. The van der Waals surface area contributed by atoms with Gasteiger partial charge in [-0.3, -0.25) is 9.78 Å². The number of pyridine rings is 1. The van der Waals surface area contributed by atoms with Crippen molar-refractivity contribution in [1.29, 1.82) is 0 Å². The highest BCUT2D eigenvalue weighted by atomic mass is 35.5. The first-order valence-corrected chi connectivity index (χ1v) is 9.35. The first kappa shape index (κ1) is 20.4. The summed E-state index contributed by atoms with van der Waals surface area (Å²) in [5.74, 6) is -0.800. The van der Waals surface area contributed by atoms with Gasteiger partial charge in [0, 0.05) is 35.4 Å². The SMILES string of the molecule is CNC(=O)O[C@@H]1CC[C@@](F)(C(=O)NCc2ccc(Cl)cc2Cl)c2cccnc21. The Morgan fingerprint density at radius 2 is 2.14 bits per heavy atom. The molecule has 0 radical (unpaired) electrons. The fraction of sp³-hybridized carbons (Fsp3) is 0.316. The third-order valence-corrected chi connectivity index (χ3v) is 5.18. The topological polar surface area (TPSA) is 80.3 Å². The molecule has 2 amide bonds. The number of fused-ring (bicyclic) bond motifs is 1. The van der Waals surface area contributed by atoms with Crippen LogP contribution in [-0.4, -0.2) is 24.0 Å². The summed E-state index contributed by atoms with van der Waals surface area (Å²) in [5.41, 5.74) is -1.34. The Morgan fingerprint density at radius 1 is 1.36 bits per heavy atom. The lowest BCUT2D eigenvalue weighted by molar-refractivity contribution is -0.135. The Hall–Kier alpha value is -2.38. The van der Waals surface area contributed by atoms with Crippen molar-refractivity contribution in [2.24, 2.45) is 0 Å². The van der Waals surface area contributed by atoms with E-state index in [1.54, 1.807) is 24.3 Å². The monoisotopic (exact) mass is 425 g/mol. The molecule has 2 N–H and O–H groups in total. The normalized spacial score (nSPS) is 20.8. The summed E-state index contributed by atoms with van der Waals surface area (Å²) in [7, 11) is 1.43. The maximum Gasteiger partial charge on any atom is 0.407 e. The molecule has 0 bridgehead atoms. The van der Waals surface area contributed by atoms with Gasteiger partial charge in [-0.15, -0.1) is 0 Å². The number of halogens is 3. The molecule has 0 aliphatic heterocycles. The molecule has 148 valence electrons. The van der Waals surface area contributed by atoms with Crippen LogP contribution < -0.4 is 10.6 Å². The van der Waals surface area contributed by atoms with Gasteiger partial charge in [-0.05, 0) is 36.6 Å². The fourth-order valence-electron chi connectivity index (χ4n) is 3.13. The molecule has 1 heterocycles. The van der Waals surface area contributed by atoms with Gasteiger partial charge in [-0.2, -0.15) is 0 Å². The average molecular weight is 426 g/mol. The van der Waals surface area contributed by atoms with Crippen molar-refractivity contribution in [2.75, 3.05) is 7.05 Å². The van der Waals surface area contributed by atoms with E-state index in [1.807, 2.05) is 0 Å². The lowest BCUT2D eigenvalue weighted by atomic mass is 9.80. The van der Waals surface area contributed by atoms with Gasteiger partial charge < -0.3 is 15.4 Å². The van der Waals surface area contributed by atoms with E-state index in [-0.39, 0.29) is 30.6 Å². The Kier molecular flexibility index (Phi) is 6.05. The number of carbonyl (C=O) groups excluding carboxylic acids is 2. The standard InChI is InChI=1S/C19H18Cl2FN3O3/c1-23-18(27)28-15-6-7-19(22,13-3-2-8-24-16(13)15)17(26)25-10-11-4-5-12(20)9-14(11)21/h2-5,8-9,15H,6-7,10H2,1H3,(H,23,27)(H,25,26)/t15-,19+/m1/s1. The second-order valence-electron chi connectivity index (χ2n) is 6.34. The highest BCUT2D eigenvalue weighted by molar-refractivity contribution is 6.35. The van der Waals surface area contributed by atoms with Crippen LogP contribution in [0.25, 0.3) is 0 Å². The molecule has 9 heteroatoms. The van der Waals surface area contributed by atoms with Crippen molar-refractivity contribution in [1.82, 2.24) is 15.6 Å². The van der Waals surface area contributed by atoms with E-state index in [1.165, 1.54) is 19.3 Å². The molecule has 0 unspecified atom stereocenters. The van der Waals surface area contributed by atoms with Crippen molar-refractivity contribution in [3.63, 3.8) is 0 Å². The molecule has 28 heavy (non-hydrogen) atoms. The van der Waals surface area contributed by atoms with Gasteiger partial charge in [0.25, 0.3) is 5.91 Å². The lowest BCUT2D eigenvalue weighted by Gasteiger charge is -2.34. The smallest absolute Gasteiger partial charge is 0.407 e. The maximum atomic E-state index is 15.8. The number of rotatable bonds is 4. The van der Waals surface area contributed by atoms with Gasteiger partial charge in [-0.1, -0.05) is 35.3 Å². The largest absolute Gasteiger partial charge is 0.440 e. The van der Waals surface area contributed by atoms with Crippen molar-refractivity contribution >= 4 is 35.2 Å². The van der Waals surface area contributed by atoms with Crippen LogP contribution in [0.3, 0.4) is 0 Å². The van der Waals surface area contributed by atoms with Gasteiger partial charge >= 0.3 is 6.09 Å². The molecule has 0 saturated heterocycles.